The molecule has 0 radical (unpaired) electrons. The fraction of sp³-hybridized carbons (Fsp3) is 0.571. The van der Waals surface area contributed by atoms with Crippen molar-refractivity contribution in [2.45, 2.75) is 27.2 Å². The maximum Gasteiger partial charge on any atom is 0.234 e. The highest BCUT2D eigenvalue weighted by Crippen LogP contribution is 2.10. The Morgan fingerprint density at radius 3 is 2.53 bits per heavy atom. The van der Waals surface area contributed by atoms with E-state index < -0.39 is 0 Å². The van der Waals surface area contributed by atoms with Crippen LogP contribution in [0.5, 0.6) is 0 Å². The quantitative estimate of drug-likeness (QED) is 0.730. The molecule has 1 rings (SSSR count). The van der Waals surface area contributed by atoms with Crippen molar-refractivity contribution in [2.24, 2.45) is 0 Å². The number of nitrogens with one attached hydrogen (secondary N) is 2. The molecule has 0 aliphatic carbocycles. The number of aromatic nitrogens is 1. The Morgan fingerprint density at radius 1 is 1.32 bits per heavy atom. The Kier molecular flexibility index (Phi) is 5.76. The summed E-state index contributed by atoms with van der Waals surface area (Å²) in [7, 11) is 1.78. The molecule has 1 aromatic rings. The van der Waals surface area contributed by atoms with Crippen molar-refractivity contribution in [3.05, 3.63) is 23.0 Å². The highest BCUT2D eigenvalue weighted by atomic mass is 16.2. The number of Topliss-reactive ketones (excluding diaryl/α,β-unsaturated/α-hetero) is 1. The van der Waals surface area contributed by atoms with E-state index >= 15 is 0 Å². The molecule has 0 atom stereocenters. The summed E-state index contributed by atoms with van der Waals surface area (Å²) < 4.78 is 0. The molecule has 1 amide bonds. The fourth-order valence-corrected chi connectivity index (χ4v) is 1.97. The highest BCUT2D eigenvalue weighted by Gasteiger charge is 2.15. The van der Waals surface area contributed by atoms with Gasteiger partial charge in [-0.2, -0.15) is 0 Å². The van der Waals surface area contributed by atoms with Gasteiger partial charge in [0.05, 0.1) is 13.1 Å². The number of likely N-dealkylation sites (N-methyl/N-ethyl adjacent to an activating group) is 1. The molecule has 2 N–H and O–H groups in total. The highest BCUT2D eigenvalue weighted by molar-refractivity contribution is 5.99. The standard InChI is InChI=1S/C14H23N3O2/c1-5-6-15-14(19)9-17(4)8-13(18)12-7-10(2)16-11(12)3/h7,16H,5-6,8-9H2,1-4H3,(H,15,19). The van der Waals surface area contributed by atoms with Crippen LogP contribution >= 0.6 is 0 Å². The minimum atomic E-state index is -0.0425. The topological polar surface area (TPSA) is 65.2 Å². The van der Waals surface area contributed by atoms with Crippen LogP contribution in [0.3, 0.4) is 0 Å². The van der Waals surface area contributed by atoms with Crippen LogP contribution in [0.2, 0.25) is 0 Å². The third kappa shape index (κ3) is 4.87. The molecule has 5 nitrogen and oxygen atoms in total. The first kappa shape index (κ1) is 15.4. The van der Waals surface area contributed by atoms with Crippen molar-refractivity contribution in [1.82, 2.24) is 15.2 Å². The van der Waals surface area contributed by atoms with Gasteiger partial charge in [0.15, 0.2) is 5.78 Å². The molecule has 106 valence electrons. The molecule has 5 heteroatoms. The van der Waals surface area contributed by atoms with Crippen molar-refractivity contribution in [3.63, 3.8) is 0 Å². The first-order chi connectivity index (χ1) is 8.93. The summed E-state index contributed by atoms with van der Waals surface area (Å²) in [6.07, 6.45) is 0.913. The Balaban J connectivity index is 2.48. The van der Waals surface area contributed by atoms with Crippen LogP contribution < -0.4 is 5.32 Å². The van der Waals surface area contributed by atoms with Gasteiger partial charge in [0.1, 0.15) is 0 Å². The number of amides is 1. The minimum absolute atomic E-state index is 0.0349. The number of hydrogen-bond acceptors (Lipinski definition) is 3. The number of aromatic amines is 1. The third-order valence-corrected chi connectivity index (χ3v) is 2.85. The monoisotopic (exact) mass is 265 g/mol. The lowest BCUT2D eigenvalue weighted by Crippen LogP contribution is -2.37. The maximum atomic E-state index is 12.1. The molecule has 0 fully saturated rings. The van der Waals surface area contributed by atoms with Crippen molar-refractivity contribution in [3.8, 4) is 0 Å². The molecule has 0 bridgehead atoms. The molecular weight excluding hydrogens is 242 g/mol. The summed E-state index contributed by atoms with van der Waals surface area (Å²) in [6, 6.07) is 1.85. The minimum Gasteiger partial charge on any atom is -0.362 e. The molecule has 1 aromatic heterocycles. The van der Waals surface area contributed by atoms with Crippen molar-refractivity contribution < 1.29 is 9.59 Å². The van der Waals surface area contributed by atoms with Crippen LogP contribution in [0, 0.1) is 13.8 Å². The number of carbonyl (C=O) groups is 2. The summed E-state index contributed by atoms with van der Waals surface area (Å²) in [4.78, 5) is 28.5. The second kappa shape index (κ2) is 7.09. The number of rotatable bonds is 7. The molecule has 0 aliphatic heterocycles. The van der Waals surface area contributed by atoms with Crippen LogP contribution in [-0.2, 0) is 4.79 Å². The Bertz CT molecular complexity index is 452. The molecule has 0 spiro atoms. The van der Waals surface area contributed by atoms with Gasteiger partial charge in [-0.15, -0.1) is 0 Å². The lowest BCUT2D eigenvalue weighted by molar-refractivity contribution is -0.121. The first-order valence-corrected chi connectivity index (χ1v) is 6.58. The number of H-pyrrole nitrogens is 1. The van der Waals surface area contributed by atoms with Crippen molar-refractivity contribution in [1.29, 1.82) is 0 Å². The van der Waals surface area contributed by atoms with Gasteiger partial charge in [-0.05, 0) is 33.4 Å². The summed E-state index contributed by atoms with van der Waals surface area (Å²) >= 11 is 0. The average Bonchev–Trinajstić information content (AvgIpc) is 2.65. The lowest BCUT2D eigenvalue weighted by Gasteiger charge is -2.15. The Hall–Kier alpha value is -1.62. The van der Waals surface area contributed by atoms with E-state index in [0.29, 0.717) is 12.1 Å². The summed E-state index contributed by atoms with van der Waals surface area (Å²) in [5.74, 6) is -0.00763. The van der Waals surface area contributed by atoms with Gasteiger partial charge >= 0.3 is 0 Å². The zero-order chi connectivity index (χ0) is 14.4. The molecule has 0 aliphatic rings. The zero-order valence-corrected chi connectivity index (χ0v) is 12.2. The Labute approximate surface area is 114 Å². The van der Waals surface area contributed by atoms with Crippen LogP contribution in [0.25, 0.3) is 0 Å². The summed E-state index contributed by atoms with van der Waals surface area (Å²) in [5, 5.41) is 2.79. The number of aryl methyl sites for hydroxylation is 2. The van der Waals surface area contributed by atoms with E-state index in [4.69, 9.17) is 0 Å². The van der Waals surface area contributed by atoms with E-state index in [0.717, 1.165) is 17.8 Å². The van der Waals surface area contributed by atoms with E-state index in [1.54, 1.807) is 11.9 Å². The lowest BCUT2D eigenvalue weighted by atomic mass is 10.1. The third-order valence-electron chi connectivity index (χ3n) is 2.85. The van der Waals surface area contributed by atoms with Crippen LogP contribution in [0.15, 0.2) is 6.07 Å². The average molecular weight is 265 g/mol. The second-order valence-corrected chi connectivity index (χ2v) is 4.94. The SMILES string of the molecule is CCCNC(=O)CN(C)CC(=O)c1cc(C)[nH]c1C. The van der Waals surface area contributed by atoms with Gasteiger partial charge in [-0.3, -0.25) is 14.5 Å². The van der Waals surface area contributed by atoms with Crippen LogP contribution in [0.1, 0.15) is 35.1 Å². The van der Waals surface area contributed by atoms with Crippen LogP contribution in [-0.4, -0.2) is 48.3 Å². The molecule has 0 saturated carbocycles. The van der Waals surface area contributed by atoms with E-state index in [2.05, 4.69) is 10.3 Å². The zero-order valence-electron chi connectivity index (χ0n) is 12.2. The van der Waals surface area contributed by atoms with Gasteiger partial charge in [0.2, 0.25) is 5.91 Å². The summed E-state index contributed by atoms with van der Waals surface area (Å²) in [5.41, 5.74) is 2.56. The Morgan fingerprint density at radius 2 is 2.00 bits per heavy atom. The summed E-state index contributed by atoms with van der Waals surface area (Å²) in [6.45, 7) is 6.98. The van der Waals surface area contributed by atoms with Crippen LogP contribution in [0.4, 0.5) is 0 Å². The maximum absolute atomic E-state index is 12.1. The molecule has 0 saturated heterocycles. The van der Waals surface area contributed by atoms with Gasteiger partial charge < -0.3 is 10.3 Å². The van der Waals surface area contributed by atoms with Gasteiger partial charge in [-0.1, -0.05) is 6.92 Å². The number of nitrogens with zero attached hydrogens (tertiary/aromatic N) is 1. The van der Waals surface area contributed by atoms with Crippen molar-refractivity contribution in [2.75, 3.05) is 26.7 Å². The smallest absolute Gasteiger partial charge is 0.234 e. The second-order valence-electron chi connectivity index (χ2n) is 4.94. The van der Waals surface area contributed by atoms with E-state index in [-0.39, 0.29) is 24.8 Å². The van der Waals surface area contributed by atoms with Gasteiger partial charge in [-0.25, -0.2) is 0 Å². The van der Waals surface area contributed by atoms with Crippen molar-refractivity contribution >= 4 is 11.7 Å². The molecule has 19 heavy (non-hydrogen) atoms. The normalized spacial score (nSPS) is 10.8. The molecule has 1 heterocycles. The number of hydrogen-bond donors (Lipinski definition) is 2. The van der Waals surface area contributed by atoms with E-state index in [1.807, 2.05) is 26.8 Å². The molecule has 0 unspecified atom stereocenters. The number of carbonyl (C=O) groups excluding carboxylic acids is 2. The largest absolute Gasteiger partial charge is 0.362 e. The molecular formula is C14H23N3O2. The van der Waals surface area contributed by atoms with E-state index in [9.17, 15) is 9.59 Å². The predicted molar refractivity (Wildman–Crippen MR) is 75.4 cm³/mol. The molecule has 0 aromatic carbocycles. The van der Waals surface area contributed by atoms with Gasteiger partial charge in [0.25, 0.3) is 0 Å². The number of ketones is 1. The predicted octanol–water partition coefficient (Wildman–Crippen LogP) is 1.27. The van der Waals surface area contributed by atoms with Gasteiger partial charge in [0, 0.05) is 23.5 Å². The van der Waals surface area contributed by atoms with E-state index in [1.165, 1.54) is 0 Å². The fourth-order valence-electron chi connectivity index (χ4n) is 1.97. The first-order valence-electron chi connectivity index (χ1n) is 6.58.